The van der Waals surface area contributed by atoms with Gasteiger partial charge in [0.2, 0.25) is 0 Å². The lowest BCUT2D eigenvalue weighted by atomic mass is 10.3. The predicted molar refractivity (Wildman–Crippen MR) is 47.0 cm³/mol. The molecule has 0 aromatic carbocycles. The van der Waals surface area contributed by atoms with Crippen molar-refractivity contribution in [2.45, 2.75) is 19.8 Å². The van der Waals surface area contributed by atoms with E-state index in [1.54, 1.807) is 18.4 Å². The Morgan fingerprint density at radius 2 is 2.45 bits per heavy atom. The summed E-state index contributed by atoms with van der Waals surface area (Å²) < 4.78 is 4.95. The lowest BCUT2D eigenvalue weighted by Crippen LogP contribution is -1.91. The van der Waals surface area contributed by atoms with E-state index in [9.17, 15) is 0 Å². The highest BCUT2D eigenvalue weighted by molar-refractivity contribution is 7.09. The van der Waals surface area contributed by atoms with E-state index in [-0.39, 0.29) is 0 Å². The molecular formula is C8H13NOS. The van der Waals surface area contributed by atoms with E-state index in [0.29, 0.717) is 0 Å². The molecule has 0 aliphatic heterocycles. The van der Waals surface area contributed by atoms with Crippen LogP contribution >= 0.6 is 11.3 Å². The summed E-state index contributed by atoms with van der Waals surface area (Å²) in [5.74, 6) is 0. The average molecular weight is 171 g/mol. The van der Waals surface area contributed by atoms with Crippen molar-refractivity contribution in [1.82, 2.24) is 4.98 Å². The first-order valence-corrected chi connectivity index (χ1v) is 4.61. The molecule has 0 amide bonds. The minimum Gasteiger partial charge on any atom is -0.385 e. The fourth-order valence-corrected chi connectivity index (χ4v) is 1.70. The van der Waals surface area contributed by atoms with Crippen LogP contribution in [-0.2, 0) is 11.2 Å². The molecule has 1 heterocycles. The SMILES string of the molecule is COCCCc1nc(C)cs1. The molecule has 2 nitrogen and oxygen atoms in total. The maximum absolute atomic E-state index is 4.95. The van der Waals surface area contributed by atoms with Gasteiger partial charge in [-0.2, -0.15) is 0 Å². The third kappa shape index (κ3) is 2.99. The Morgan fingerprint density at radius 1 is 1.64 bits per heavy atom. The molecule has 0 saturated heterocycles. The van der Waals surface area contributed by atoms with Crippen LogP contribution in [0, 0.1) is 6.92 Å². The molecule has 0 aliphatic rings. The molecule has 0 saturated carbocycles. The fraction of sp³-hybridized carbons (Fsp3) is 0.625. The van der Waals surface area contributed by atoms with Crippen LogP contribution in [0.15, 0.2) is 5.38 Å². The maximum atomic E-state index is 4.95. The van der Waals surface area contributed by atoms with Crippen molar-refractivity contribution < 1.29 is 4.74 Å². The van der Waals surface area contributed by atoms with E-state index >= 15 is 0 Å². The van der Waals surface area contributed by atoms with Gasteiger partial charge in [0.1, 0.15) is 0 Å². The molecule has 0 radical (unpaired) electrons. The summed E-state index contributed by atoms with van der Waals surface area (Å²) in [7, 11) is 1.73. The second-order valence-corrected chi connectivity index (χ2v) is 3.42. The van der Waals surface area contributed by atoms with Crippen molar-refractivity contribution in [1.29, 1.82) is 0 Å². The molecule has 1 aromatic rings. The van der Waals surface area contributed by atoms with E-state index in [0.717, 1.165) is 25.1 Å². The number of ether oxygens (including phenoxy) is 1. The van der Waals surface area contributed by atoms with Gasteiger partial charge in [-0.05, 0) is 13.3 Å². The van der Waals surface area contributed by atoms with Crippen LogP contribution in [-0.4, -0.2) is 18.7 Å². The normalized spacial score (nSPS) is 10.4. The first-order chi connectivity index (χ1) is 5.33. The van der Waals surface area contributed by atoms with Crippen molar-refractivity contribution in [2.75, 3.05) is 13.7 Å². The highest BCUT2D eigenvalue weighted by atomic mass is 32.1. The highest BCUT2D eigenvalue weighted by Crippen LogP contribution is 2.10. The summed E-state index contributed by atoms with van der Waals surface area (Å²) in [6.45, 7) is 2.86. The molecule has 0 spiro atoms. The van der Waals surface area contributed by atoms with Crippen LogP contribution in [0.1, 0.15) is 17.1 Å². The molecular weight excluding hydrogens is 158 g/mol. The van der Waals surface area contributed by atoms with Crippen molar-refractivity contribution in [3.63, 3.8) is 0 Å². The van der Waals surface area contributed by atoms with Crippen LogP contribution in [0.2, 0.25) is 0 Å². The summed E-state index contributed by atoms with van der Waals surface area (Å²) in [5, 5.41) is 3.31. The molecule has 62 valence electrons. The lowest BCUT2D eigenvalue weighted by molar-refractivity contribution is 0.195. The second kappa shape index (κ2) is 4.46. The van der Waals surface area contributed by atoms with Crippen LogP contribution in [0.5, 0.6) is 0 Å². The summed E-state index contributed by atoms with van der Waals surface area (Å²) in [5.41, 5.74) is 1.13. The second-order valence-electron chi connectivity index (χ2n) is 2.48. The number of aromatic nitrogens is 1. The Kier molecular flexibility index (Phi) is 3.52. The zero-order valence-electron chi connectivity index (χ0n) is 6.96. The van der Waals surface area contributed by atoms with Gasteiger partial charge in [-0.15, -0.1) is 11.3 Å². The third-order valence-corrected chi connectivity index (χ3v) is 2.43. The van der Waals surface area contributed by atoms with Gasteiger partial charge in [-0.25, -0.2) is 4.98 Å². The molecule has 0 fully saturated rings. The molecule has 3 heteroatoms. The van der Waals surface area contributed by atoms with Crippen molar-refractivity contribution >= 4 is 11.3 Å². The predicted octanol–water partition coefficient (Wildman–Crippen LogP) is 2.03. The maximum Gasteiger partial charge on any atom is 0.0928 e. The number of aryl methyl sites for hydroxylation is 2. The van der Waals surface area contributed by atoms with Gasteiger partial charge >= 0.3 is 0 Å². The zero-order chi connectivity index (χ0) is 8.10. The molecule has 0 aliphatic carbocycles. The lowest BCUT2D eigenvalue weighted by Gasteiger charge is -1.94. The Balaban J connectivity index is 2.27. The van der Waals surface area contributed by atoms with Crippen LogP contribution in [0.25, 0.3) is 0 Å². The fourth-order valence-electron chi connectivity index (χ4n) is 0.885. The Morgan fingerprint density at radius 3 is 3.00 bits per heavy atom. The van der Waals surface area contributed by atoms with Crippen LogP contribution < -0.4 is 0 Å². The third-order valence-electron chi connectivity index (χ3n) is 1.41. The Hall–Kier alpha value is -0.410. The number of hydrogen-bond acceptors (Lipinski definition) is 3. The van der Waals surface area contributed by atoms with Gasteiger partial charge in [0.05, 0.1) is 5.01 Å². The number of hydrogen-bond donors (Lipinski definition) is 0. The van der Waals surface area contributed by atoms with Gasteiger partial charge in [-0.1, -0.05) is 0 Å². The molecule has 0 bridgehead atoms. The molecule has 0 unspecified atom stereocenters. The summed E-state index contributed by atoms with van der Waals surface area (Å²) >= 11 is 1.73. The van der Waals surface area contributed by atoms with Gasteiger partial charge in [0, 0.05) is 31.2 Å². The molecule has 0 N–H and O–H groups in total. The van der Waals surface area contributed by atoms with Gasteiger partial charge in [0.15, 0.2) is 0 Å². The van der Waals surface area contributed by atoms with E-state index in [2.05, 4.69) is 10.4 Å². The van der Waals surface area contributed by atoms with Gasteiger partial charge in [-0.3, -0.25) is 0 Å². The standard InChI is InChI=1S/C8H13NOS/c1-7-6-11-8(9-7)4-3-5-10-2/h6H,3-5H2,1-2H3. The quantitative estimate of drug-likeness (QED) is 0.647. The van der Waals surface area contributed by atoms with Gasteiger partial charge < -0.3 is 4.74 Å². The monoisotopic (exact) mass is 171 g/mol. The molecule has 11 heavy (non-hydrogen) atoms. The topological polar surface area (TPSA) is 22.1 Å². The highest BCUT2D eigenvalue weighted by Gasteiger charge is 1.96. The minimum atomic E-state index is 0.832. The minimum absolute atomic E-state index is 0.832. The summed E-state index contributed by atoms with van der Waals surface area (Å²) in [6.07, 6.45) is 2.12. The Labute approximate surface area is 71.2 Å². The van der Waals surface area contributed by atoms with E-state index in [1.807, 2.05) is 6.92 Å². The van der Waals surface area contributed by atoms with Crippen molar-refractivity contribution in [3.8, 4) is 0 Å². The molecule has 1 rings (SSSR count). The Bertz CT molecular complexity index is 210. The average Bonchev–Trinajstić information content (AvgIpc) is 2.37. The smallest absolute Gasteiger partial charge is 0.0928 e. The number of nitrogens with zero attached hydrogens (tertiary/aromatic N) is 1. The molecule has 1 aromatic heterocycles. The number of thiazole rings is 1. The van der Waals surface area contributed by atoms with Crippen molar-refractivity contribution in [3.05, 3.63) is 16.1 Å². The van der Waals surface area contributed by atoms with Gasteiger partial charge in [0.25, 0.3) is 0 Å². The van der Waals surface area contributed by atoms with Crippen LogP contribution in [0.4, 0.5) is 0 Å². The largest absolute Gasteiger partial charge is 0.385 e. The van der Waals surface area contributed by atoms with E-state index < -0.39 is 0 Å². The van der Waals surface area contributed by atoms with Crippen molar-refractivity contribution in [2.24, 2.45) is 0 Å². The summed E-state index contributed by atoms with van der Waals surface area (Å²) in [4.78, 5) is 4.35. The number of rotatable bonds is 4. The summed E-state index contributed by atoms with van der Waals surface area (Å²) in [6, 6.07) is 0. The molecule has 0 atom stereocenters. The van der Waals surface area contributed by atoms with Crippen LogP contribution in [0.3, 0.4) is 0 Å². The van der Waals surface area contributed by atoms with E-state index in [1.165, 1.54) is 5.01 Å². The van der Waals surface area contributed by atoms with E-state index in [4.69, 9.17) is 4.74 Å². The first-order valence-electron chi connectivity index (χ1n) is 3.73. The number of methoxy groups -OCH3 is 1. The zero-order valence-corrected chi connectivity index (χ0v) is 7.78. The first kappa shape index (κ1) is 8.68.